The zero-order valence-corrected chi connectivity index (χ0v) is 25.0. The molecule has 218 valence electrons. The van der Waals surface area contributed by atoms with Crippen LogP contribution < -0.4 is 5.32 Å². The minimum atomic E-state index is -0.804. The summed E-state index contributed by atoms with van der Waals surface area (Å²) in [6.45, 7) is 11.0. The van der Waals surface area contributed by atoms with Crippen LogP contribution in [0, 0.1) is 12.3 Å². The number of carbonyl (C=O) groups is 1. The van der Waals surface area contributed by atoms with Gasteiger partial charge in [0, 0.05) is 24.9 Å². The Bertz CT molecular complexity index is 1210. The monoisotopic (exact) mass is 549 g/mol. The second-order valence-corrected chi connectivity index (χ2v) is 12.8. The molecule has 1 aromatic heterocycles. The van der Waals surface area contributed by atoms with Crippen LogP contribution in [0.5, 0.6) is 0 Å². The van der Waals surface area contributed by atoms with Crippen molar-refractivity contribution in [2.45, 2.75) is 103 Å². The average molecular weight is 550 g/mol. The molecule has 7 heteroatoms. The van der Waals surface area contributed by atoms with Crippen molar-refractivity contribution in [1.82, 2.24) is 9.88 Å². The lowest BCUT2D eigenvalue weighted by molar-refractivity contribution is -0.144. The van der Waals surface area contributed by atoms with Crippen molar-refractivity contribution < 1.29 is 19.4 Å². The first-order valence-electron chi connectivity index (χ1n) is 15.2. The van der Waals surface area contributed by atoms with E-state index in [0.717, 1.165) is 86.3 Å². The molecule has 0 bridgehead atoms. The highest BCUT2D eigenvalue weighted by Crippen LogP contribution is 2.45. The van der Waals surface area contributed by atoms with E-state index >= 15 is 0 Å². The van der Waals surface area contributed by atoms with Crippen molar-refractivity contribution in [1.29, 1.82) is 0 Å². The number of carboxylic acids is 1. The summed E-state index contributed by atoms with van der Waals surface area (Å²) >= 11 is 0. The summed E-state index contributed by atoms with van der Waals surface area (Å²) in [5, 5.41) is 13.9. The predicted molar refractivity (Wildman–Crippen MR) is 158 cm³/mol. The largest absolute Gasteiger partial charge is 0.480 e. The van der Waals surface area contributed by atoms with Gasteiger partial charge in [0.15, 0.2) is 0 Å². The maximum absolute atomic E-state index is 12.8. The van der Waals surface area contributed by atoms with Gasteiger partial charge in [0.1, 0.15) is 11.9 Å². The van der Waals surface area contributed by atoms with Crippen molar-refractivity contribution >= 4 is 11.8 Å². The molecule has 1 fully saturated rings. The number of rotatable bonds is 10. The molecular weight excluding hydrogens is 502 g/mol. The standard InChI is InChI=1S/C33H47N3O4/c1-21-17-24-13-16-39-22(2)29(24)27(18-21)30(32(37)38)36(5)26-19-28(33(3,4)20-26)40-15-7-6-10-25-12-11-23-9-8-14-34-31(23)35-25/h11-12,17-18,22,26,28,30H,6-10,13-16,19-20H2,1-5H3,(H,34,35)(H,37,38)/t22-,26-,28-,30+/m0/s1. The Morgan fingerprint density at radius 1 is 1.25 bits per heavy atom. The fourth-order valence-electron chi connectivity index (χ4n) is 7.13. The van der Waals surface area contributed by atoms with Crippen LogP contribution in [0.15, 0.2) is 24.3 Å². The number of aromatic nitrogens is 1. The highest BCUT2D eigenvalue weighted by Gasteiger charge is 2.45. The summed E-state index contributed by atoms with van der Waals surface area (Å²) in [7, 11) is 1.98. The molecule has 4 atom stereocenters. The average Bonchev–Trinajstić information content (AvgIpc) is 3.22. The van der Waals surface area contributed by atoms with Crippen molar-refractivity contribution in [3.63, 3.8) is 0 Å². The Balaban J connectivity index is 1.19. The Kier molecular flexibility index (Phi) is 8.83. The third kappa shape index (κ3) is 6.22. The number of benzene rings is 1. The number of nitrogens with zero attached hydrogens (tertiary/aromatic N) is 2. The van der Waals surface area contributed by atoms with Crippen LogP contribution in [0.25, 0.3) is 0 Å². The van der Waals surface area contributed by atoms with Crippen molar-refractivity contribution in [2.24, 2.45) is 5.41 Å². The van der Waals surface area contributed by atoms with Gasteiger partial charge in [0.2, 0.25) is 0 Å². The van der Waals surface area contributed by atoms with E-state index in [9.17, 15) is 9.90 Å². The van der Waals surface area contributed by atoms with Gasteiger partial charge in [-0.3, -0.25) is 9.69 Å². The molecule has 1 aliphatic carbocycles. The maximum atomic E-state index is 12.8. The van der Waals surface area contributed by atoms with E-state index in [2.05, 4.69) is 55.3 Å². The molecule has 2 aromatic rings. The van der Waals surface area contributed by atoms with Crippen molar-refractivity contribution in [3.8, 4) is 0 Å². The molecule has 1 saturated carbocycles. The highest BCUT2D eigenvalue weighted by atomic mass is 16.5. The zero-order chi connectivity index (χ0) is 28.4. The first-order chi connectivity index (χ1) is 19.1. The molecule has 1 aromatic carbocycles. The number of anilines is 1. The Labute approximate surface area is 239 Å². The van der Waals surface area contributed by atoms with Gasteiger partial charge in [-0.2, -0.15) is 0 Å². The number of carboxylic acid groups (broad SMARTS) is 1. The molecule has 0 unspecified atom stereocenters. The van der Waals surface area contributed by atoms with Gasteiger partial charge in [-0.1, -0.05) is 37.6 Å². The Hall–Kier alpha value is -2.48. The summed E-state index contributed by atoms with van der Waals surface area (Å²) in [5.41, 5.74) is 6.73. The van der Waals surface area contributed by atoms with Gasteiger partial charge in [-0.25, -0.2) is 4.98 Å². The number of fused-ring (bicyclic) bond motifs is 2. The Morgan fingerprint density at radius 2 is 2.08 bits per heavy atom. The zero-order valence-electron chi connectivity index (χ0n) is 25.0. The minimum Gasteiger partial charge on any atom is -0.480 e. The van der Waals surface area contributed by atoms with E-state index in [1.165, 1.54) is 17.5 Å². The molecular formula is C33H47N3O4. The van der Waals surface area contributed by atoms with E-state index in [1.807, 2.05) is 14.0 Å². The van der Waals surface area contributed by atoms with Crippen LogP contribution in [0.1, 0.15) is 98.5 Å². The van der Waals surface area contributed by atoms with Crippen molar-refractivity contribution in [2.75, 3.05) is 32.1 Å². The van der Waals surface area contributed by atoms with Gasteiger partial charge in [-0.15, -0.1) is 0 Å². The number of nitrogens with one attached hydrogen (secondary N) is 1. The first kappa shape index (κ1) is 29.0. The second-order valence-electron chi connectivity index (χ2n) is 12.8. The number of ether oxygens (including phenoxy) is 2. The molecule has 0 radical (unpaired) electrons. The van der Waals surface area contributed by atoms with E-state index in [-0.39, 0.29) is 23.7 Å². The number of aryl methyl sites for hydroxylation is 3. The normalized spacial score (nSPS) is 24.3. The lowest BCUT2D eigenvalue weighted by atomic mass is 9.86. The highest BCUT2D eigenvalue weighted by molar-refractivity contribution is 5.76. The maximum Gasteiger partial charge on any atom is 0.325 e. The lowest BCUT2D eigenvalue weighted by Crippen LogP contribution is -2.39. The molecule has 0 spiro atoms. The molecule has 40 heavy (non-hydrogen) atoms. The first-order valence-corrected chi connectivity index (χ1v) is 15.2. The third-order valence-electron chi connectivity index (χ3n) is 9.32. The van der Waals surface area contributed by atoms with Crippen LogP contribution in [-0.2, 0) is 33.5 Å². The molecule has 3 aliphatic rings. The number of pyridine rings is 1. The molecule has 2 N–H and O–H groups in total. The molecule has 3 heterocycles. The summed E-state index contributed by atoms with van der Waals surface area (Å²) in [6, 6.07) is 8.06. The fourth-order valence-corrected chi connectivity index (χ4v) is 7.13. The molecule has 2 aliphatic heterocycles. The smallest absolute Gasteiger partial charge is 0.325 e. The molecule has 7 nitrogen and oxygen atoms in total. The van der Waals surface area contributed by atoms with Gasteiger partial charge < -0.3 is 19.9 Å². The van der Waals surface area contributed by atoms with Crippen LogP contribution >= 0.6 is 0 Å². The van der Waals surface area contributed by atoms with Crippen molar-refractivity contribution in [3.05, 3.63) is 57.8 Å². The molecule has 5 rings (SSSR count). The summed E-state index contributed by atoms with van der Waals surface area (Å²) in [4.78, 5) is 19.7. The summed E-state index contributed by atoms with van der Waals surface area (Å²) in [6.07, 6.45) is 7.87. The minimum absolute atomic E-state index is 0.0177. The van der Waals surface area contributed by atoms with E-state index in [4.69, 9.17) is 14.5 Å². The van der Waals surface area contributed by atoms with Crippen LogP contribution in [0.4, 0.5) is 5.82 Å². The number of hydrogen-bond acceptors (Lipinski definition) is 6. The van der Waals surface area contributed by atoms with Crippen LogP contribution in [0.2, 0.25) is 0 Å². The van der Waals surface area contributed by atoms with Gasteiger partial charge >= 0.3 is 5.97 Å². The van der Waals surface area contributed by atoms with Crippen LogP contribution in [-0.4, -0.2) is 59.9 Å². The van der Waals surface area contributed by atoms with Gasteiger partial charge in [-0.05, 0) is 106 Å². The third-order valence-corrected chi connectivity index (χ3v) is 9.32. The number of hydrogen-bond donors (Lipinski definition) is 2. The van der Waals surface area contributed by atoms with E-state index in [0.29, 0.717) is 6.61 Å². The summed E-state index contributed by atoms with van der Waals surface area (Å²) < 4.78 is 12.4. The SMILES string of the molecule is Cc1cc2c(c([C@H](C(=O)O)N(C)[C@H]3C[C@H](OCCCCc4ccc5c(n4)NCCC5)C(C)(C)C3)c1)[C@H](C)OCC2. The van der Waals surface area contributed by atoms with Gasteiger partial charge in [0.25, 0.3) is 0 Å². The fraction of sp³-hybridized carbons (Fsp3) is 0.636. The van der Waals surface area contributed by atoms with E-state index in [1.54, 1.807) is 0 Å². The molecule has 0 saturated heterocycles. The number of likely N-dealkylation sites (N-methyl/N-ethyl adjacent to an activating group) is 1. The number of unbranched alkanes of at least 4 members (excludes halogenated alkanes) is 1. The van der Waals surface area contributed by atoms with Crippen LogP contribution in [0.3, 0.4) is 0 Å². The second kappa shape index (κ2) is 12.2. The molecule has 0 amide bonds. The predicted octanol–water partition coefficient (Wildman–Crippen LogP) is 6.04. The lowest BCUT2D eigenvalue weighted by Gasteiger charge is -2.35. The van der Waals surface area contributed by atoms with Gasteiger partial charge in [0.05, 0.1) is 18.8 Å². The quantitative estimate of drug-likeness (QED) is 0.350. The number of aliphatic carboxylic acids is 1. The summed E-state index contributed by atoms with van der Waals surface area (Å²) in [5.74, 6) is 0.261. The van der Waals surface area contributed by atoms with E-state index < -0.39 is 12.0 Å². The Morgan fingerprint density at radius 3 is 2.88 bits per heavy atom. The topological polar surface area (TPSA) is 83.9 Å².